The van der Waals surface area contributed by atoms with E-state index in [1.54, 1.807) is 23.9 Å². The molecular formula is C16H13BrFN3O2. The maximum Gasteiger partial charge on any atom is 0.270 e. The number of nitrogens with one attached hydrogen (secondary N) is 2. The van der Waals surface area contributed by atoms with Crippen LogP contribution >= 0.6 is 15.9 Å². The number of benzene rings is 1. The summed E-state index contributed by atoms with van der Waals surface area (Å²) < 4.78 is 15.5. The highest BCUT2D eigenvalue weighted by molar-refractivity contribution is 9.10. The number of carbonyl (C=O) groups is 1. The van der Waals surface area contributed by atoms with E-state index in [-0.39, 0.29) is 17.2 Å². The summed E-state index contributed by atoms with van der Waals surface area (Å²) in [6.07, 6.45) is 1.06. The minimum absolute atomic E-state index is 0.0341. The molecule has 1 atom stereocenters. The fourth-order valence-corrected chi connectivity index (χ4v) is 3.83. The van der Waals surface area contributed by atoms with Gasteiger partial charge in [-0.3, -0.25) is 19.4 Å². The van der Waals surface area contributed by atoms with Crippen LogP contribution in [0.1, 0.15) is 29.9 Å². The molecule has 0 saturated carbocycles. The number of hydrogen-bond acceptors (Lipinski definition) is 3. The number of aromatic nitrogens is 2. The van der Waals surface area contributed by atoms with Gasteiger partial charge < -0.3 is 5.32 Å². The van der Waals surface area contributed by atoms with Gasteiger partial charge in [-0.05, 0) is 40.0 Å². The molecule has 0 spiro atoms. The van der Waals surface area contributed by atoms with Gasteiger partial charge in [0.1, 0.15) is 11.6 Å². The van der Waals surface area contributed by atoms with E-state index in [1.807, 2.05) is 0 Å². The van der Waals surface area contributed by atoms with Crippen LogP contribution in [0.4, 0.5) is 10.2 Å². The molecule has 2 N–H and O–H groups in total. The lowest BCUT2D eigenvalue weighted by molar-refractivity contribution is -0.115. The average molecular weight is 378 g/mol. The van der Waals surface area contributed by atoms with Gasteiger partial charge in [0, 0.05) is 30.7 Å². The van der Waals surface area contributed by atoms with Crippen LogP contribution in [0.25, 0.3) is 0 Å². The molecule has 0 radical (unpaired) electrons. The zero-order valence-corrected chi connectivity index (χ0v) is 13.8. The smallest absolute Gasteiger partial charge is 0.270 e. The first-order chi connectivity index (χ1) is 11.0. The van der Waals surface area contributed by atoms with Gasteiger partial charge in [0.15, 0.2) is 5.78 Å². The van der Waals surface area contributed by atoms with E-state index < -0.39 is 5.92 Å². The van der Waals surface area contributed by atoms with E-state index in [1.165, 1.54) is 6.07 Å². The largest absolute Gasteiger partial charge is 0.343 e. The summed E-state index contributed by atoms with van der Waals surface area (Å²) in [6, 6.07) is 4.61. The molecule has 2 heterocycles. The third-order valence-electron chi connectivity index (χ3n) is 4.46. The Labute approximate surface area is 139 Å². The molecule has 23 heavy (non-hydrogen) atoms. The van der Waals surface area contributed by atoms with Gasteiger partial charge in [0.2, 0.25) is 0 Å². The van der Waals surface area contributed by atoms with Crippen LogP contribution in [0.5, 0.6) is 0 Å². The van der Waals surface area contributed by atoms with Crippen LogP contribution in [0.3, 0.4) is 0 Å². The fraction of sp³-hybridized carbons (Fsp3) is 0.250. The number of ketones is 1. The Morgan fingerprint density at radius 1 is 1.30 bits per heavy atom. The highest BCUT2D eigenvalue weighted by atomic mass is 79.9. The number of allylic oxidation sites excluding steroid dienone is 2. The molecule has 0 bridgehead atoms. The predicted octanol–water partition coefficient (Wildman–Crippen LogP) is 2.79. The van der Waals surface area contributed by atoms with E-state index in [4.69, 9.17) is 0 Å². The minimum atomic E-state index is -0.474. The average Bonchev–Trinajstić information content (AvgIpc) is 3.02. The van der Waals surface area contributed by atoms with Gasteiger partial charge in [0.25, 0.3) is 5.56 Å². The molecule has 0 fully saturated rings. The lowest BCUT2D eigenvalue weighted by Crippen LogP contribution is -2.23. The second-order valence-electron chi connectivity index (χ2n) is 5.81. The molecule has 2 aliphatic rings. The molecule has 2 aromatic rings. The third-order valence-corrected chi connectivity index (χ3v) is 5.06. The van der Waals surface area contributed by atoms with E-state index in [0.29, 0.717) is 34.3 Å². The van der Waals surface area contributed by atoms with Crippen molar-refractivity contribution >= 4 is 27.5 Å². The summed E-state index contributed by atoms with van der Waals surface area (Å²) >= 11 is 3.18. The van der Waals surface area contributed by atoms with Crippen molar-refractivity contribution in [1.29, 1.82) is 0 Å². The molecule has 4 rings (SSSR count). The Morgan fingerprint density at radius 2 is 2.09 bits per heavy atom. The van der Waals surface area contributed by atoms with Gasteiger partial charge in [-0.1, -0.05) is 6.07 Å². The lowest BCUT2D eigenvalue weighted by Gasteiger charge is -2.26. The van der Waals surface area contributed by atoms with Crippen molar-refractivity contribution < 1.29 is 9.18 Å². The number of Topliss-reactive ketones (excluding diaryl/α,β-unsaturated/α-hetero) is 1. The monoisotopic (exact) mass is 377 g/mol. The first kappa shape index (κ1) is 14.4. The van der Waals surface area contributed by atoms with Crippen LogP contribution in [0.15, 0.2) is 38.7 Å². The molecule has 0 saturated heterocycles. The van der Waals surface area contributed by atoms with Gasteiger partial charge >= 0.3 is 0 Å². The normalized spacial score (nSPS) is 19.6. The maximum absolute atomic E-state index is 13.6. The van der Waals surface area contributed by atoms with E-state index in [9.17, 15) is 14.0 Å². The Bertz CT molecular complexity index is 941. The molecular weight excluding hydrogens is 365 g/mol. The minimum Gasteiger partial charge on any atom is -0.343 e. The Hall–Kier alpha value is -2.15. The summed E-state index contributed by atoms with van der Waals surface area (Å²) in [5, 5.41) is 5.93. The van der Waals surface area contributed by atoms with Crippen LogP contribution in [-0.4, -0.2) is 15.6 Å². The number of halogens is 2. The molecule has 7 heteroatoms. The van der Waals surface area contributed by atoms with Crippen molar-refractivity contribution in [3.8, 4) is 0 Å². The summed E-state index contributed by atoms with van der Waals surface area (Å²) in [4.78, 5) is 24.7. The molecule has 118 valence electrons. The Balaban J connectivity index is 2.00. The van der Waals surface area contributed by atoms with Crippen LogP contribution < -0.4 is 10.9 Å². The summed E-state index contributed by atoms with van der Waals surface area (Å²) in [6.45, 7) is 0. The van der Waals surface area contributed by atoms with Crippen molar-refractivity contribution in [2.24, 2.45) is 7.05 Å². The predicted molar refractivity (Wildman–Crippen MR) is 86.9 cm³/mol. The third kappa shape index (κ3) is 2.03. The summed E-state index contributed by atoms with van der Waals surface area (Å²) in [5.41, 5.74) is 2.45. The van der Waals surface area contributed by atoms with Crippen molar-refractivity contribution in [1.82, 2.24) is 9.78 Å². The number of anilines is 1. The number of carbonyl (C=O) groups excluding carboxylic acids is 1. The SMILES string of the molecule is Cn1[nH]c(=O)c2c1NC1=C(C(=O)CC1)[C@@H]2c1ccc(F)c(Br)c1. The highest BCUT2D eigenvalue weighted by Crippen LogP contribution is 2.45. The number of rotatable bonds is 1. The fourth-order valence-electron chi connectivity index (χ4n) is 3.43. The summed E-state index contributed by atoms with van der Waals surface area (Å²) in [5.74, 6) is -0.157. The van der Waals surface area contributed by atoms with Crippen molar-refractivity contribution in [2.75, 3.05) is 5.32 Å². The maximum atomic E-state index is 13.6. The Kier molecular flexibility index (Phi) is 3.09. The van der Waals surface area contributed by atoms with Crippen molar-refractivity contribution in [3.63, 3.8) is 0 Å². The Morgan fingerprint density at radius 3 is 2.83 bits per heavy atom. The number of aryl methyl sites for hydroxylation is 1. The topological polar surface area (TPSA) is 66.9 Å². The standard InChI is InChI=1S/C16H13BrFN3O2/c1-21-15-14(16(23)20-21)12(7-2-3-9(18)8(17)6-7)13-10(19-15)4-5-11(13)22/h2-3,6,12,19H,4-5H2,1H3,(H,20,23)/t12-/m0/s1. The van der Waals surface area contributed by atoms with Crippen LogP contribution in [0.2, 0.25) is 0 Å². The van der Waals surface area contributed by atoms with Crippen LogP contribution in [-0.2, 0) is 11.8 Å². The molecule has 1 aromatic heterocycles. The van der Waals surface area contributed by atoms with E-state index in [2.05, 4.69) is 26.3 Å². The summed E-state index contributed by atoms with van der Waals surface area (Å²) in [7, 11) is 1.74. The number of fused-ring (bicyclic) bond motifs is 1. The molecule has 0 amide bonds. The first-order valence-corrected chi connectivity index (χ1v) is 8.03. The van der Waals surface area contributed by atoms with Crippen LogP contribution in [0, 0.1) is 5.82 Å². The van der Waals surface area contributed by atoms with E-state index >= 15 is 0 Å². The van der Waals surface area contributed by atoms with Gasteiger partial charge in [-0.2, -0.15) is 0 Å². The van der Waals surface area contributed by atoms with Crippen molar-refractivity contribution in [3.05, 3.63) is 61.2 Å². The van der Waals surface area contributed by atoms with Gasteiger partial charge in [-0.15, -0.1) is 0 Å². The molecule has 5 nitrogen and oxygen atoms in total. The quantitative estimate of drug-likeness (QED) is 0.802. The molecule has 1 aliphatic carbocycles. The molecule has 1 aromatic carbocycles. The molecule has 1 aliphatic heterocycles. The number of nitrogens with zero attached hydrogens (tertiary/aromatic N) is 1. The van der Waals surface area contributed by atoms with Crippen molar-refractivity contribution in [2.45, 2.75) is 18.8 Å². The number of H-pyrrole nitrogens is 1. The second-order valence-corrected chi connectivity index (χ2v) is 6.66. The number of hydrogen-bond donors (Lipinski definition) is 2. The lowest BCUT2D eigenvalue weighted by atomic mass is 9.82. The molecule has 0 unspecified atom stereocenters. The second kappa shape index (κ2) is 4.92. The highest BCUT2D eigenvalue weighted by Gasteiger charge is 2.39. The first-order valence-electron chi connectivity index (χ1n) is 7.24. The number of aromatic amines is 1. The van der Waals surface area contributed by atoms with Gasteiger partial charge in [-0.25, -0.2) is 4.39 Å². The zero-order valence-electron chi connectivity index (χ0n) is 12.2. The van der Waals surface area contributed by atoms with Gasteiger partial charge in [0.05, 0.1) is 10.0 Å². The van der Waals surface area contributed by atoms with E-state index in [0.717, 1.165) is 11.3 Å². The zero-order chi connectivity index (χ0) is 16.3.